The zero-order valence-corrected chi connectivity index (χ0v) is 33.7. The van der Waals surface area contributed by atoms with E-state index in [4.69, 9.17) is 16.4 Å². The highest BCUT2D eigenvalue weighted by atomic mass is 32.2. The van der Waals surface area contributed by atoms with Gasteiger partial charge < -0.3 is 9.50 Å². The Bertz CT molecular complexity index is 2470. The molecule has 0 saturated carbocycles. The summed E-state index contributed by atoms with van der Waals surface area (Å²) < 4.78 is 35.0. The van der Waals surface area contributed by atoms with Crippen molar-refractivity contribution in [3.63, 3.8) is 0 Å². The van der Waals surface area contributed by atoms with Gasteiger partial charge in [0.05, 0.1) is 27.9 Å². The van der Waals surface area contributed by atoms with E-state index in [2.05, 4.69) is 52.4 Å². The molecule has 1 aliphatic heterocycles. The second-order valence-corrected chi connectivity index (χ2v) is 15.7. The molecule has 3 aromatic heterocycles. The van der Waals surface area contributed by atoms with E-state index in [-0.39, 0.29) is 10.6 Å². The van der Waals surface area contributed by atoms with Gasteiger partial charge in [-0.25, -0.2) is 0 Å². The highest BCUT2D eigenvalue weighted by Crippen LogP contribution is 2.36. The van der Waals surface area contributed by atoms with Gasteiger partial charge in [-0.05, 0) is 109 Å². The summed E-state index contributed by atoms with van der Waals surface area (Å²) >= 11 is 4.86. The van der Waals surface area contributed by atoms with Crippen molar-refractivity contribution in [1.82, 2.24) is 30.1 Å². The Morgan fingerprint density at radius 1 is 0.707 bits per heavy atom. The van der Waals surface area contributed by atoms with Crippen LogP contribution in [-0.4, -0.2) is 51.4 Å². The number of hydrogen-bond donors (Lipinski definition) is 1. The number of benzene rings is 3. The molecule has 0 atom stereocenters. The number of hydrogen-bond acceptors (Lipinski definition) is 11. The zero-order chi connectivity index (χ0) is 40.2. The number of thiocarbonyl (C=S) groups is 1. The minimum absolute atomic E-state index is 0.0706. The van der Waals surface area contributed by atoms with E-state index in [0.717, 1.165) is 46.0 Å². The molecule has 0 unspecified atom stereocenters. The molecule has 12 heteroatoms. The third kappa shape index (κ3) is 11.0. The number of dihydropyridines is 1. The van der Waals surface area contributed by atoms with E-state index >= 15 is 0 Å². The van der Waals surface area contributed by atoms with Crippen molar-refractivity contribution < 1.29 is 12.6 Å². The monoisotopic (exact) mass is 805 g/mol. The number of aliphatic imine (C=N–C) groups is 1. The van der Waals surface area contributed by atoms with Gasteiger partial charge in [-0.2, -0.15) is 13.4 Å². The van der Waals surface area contributed by atoms with Crippen LogP contribution in [0.25, 0.3) is 11.1 Å². The molecule has 1 N–H and O–H groups in total. The van der Waals surface area contributed by atoms with Crippen LogP contribution in [0.3, 0.4) is 0 Å². The molecule has 7 rings (SSSR count). The van der Waals surface area contributed by atoms with Gasteiger partial charge >= 0.3 is 10.1 Å². The van der Waals surface area contributed by atoms with Crippen LogP contribution in [0.4, 0.5) is 5.69 Å². The molecule has 292 valence electrons. The standard InChI is InChI=1S/C46H43N7O3S2/c1-35-14-20-45(21-15-35)58(54,55)56-46-38(28-52(30-41-10-2-6-22-47-41)31-42-11-3-7-23-48-42)26-37(36-16-18-40(19-17-36)51-34-57)27-39(46)29-53(32-43-12-4-8-24-49-43)33-44-13-5-9-25-50-44/h2-24,26-27,50H,25,28-33H2,1H3. The molecule has 0 spiro atoms. The first-order valence-corrected chi connectivity index (χ1v) is 20.7. The minimum atomic E-state index is -4.28. The molecule has 0 bridgehead atoms. The molecule has 10 nitrogen and oxygen atoms in total. The molecular weight excluding hydrogens is 763 g/mol. The van der Waals surface area contributed by atoms with E-state index in [1.807, 2.05) is 104 Å². The molecule has 0 radical (unpaired) electrons. The van der Waals surface area contributed by atoms with E-state index in [1.54, 1.807) is 42.9 Å². The van der Waals surface area contributed by atoms with Gasteiger partial charge in [0.1, 0.15) is 4.90 Å². The number of isothiocyanates is 1. The molecule has 3 aromatic carbocycles. The van der Waals surface area contributed by atoms with Crippen molar-refractivity contribution in [2.45, 2.75) is 44.5 Å². The fourth-order valence-corrected chi connectivity index (χ4v) is 7.84. The van der Waals surface area contributed by atoms with Crippen LogP contribution in [0.2, 0.25) is 0 Å². The predicted molar refractivity (Wildman–Crippen MR) is 231 cm³/mol. The second kappa shape index (κ2) is 19.3. The maximum Gasteiger partial charge on any atom is 0.339 e. The van der Waals surface area contributed by atoms with Crippen LogP contribution in [0.5, 0.6) is 5.75 Å². The van der Waals surface area contributed by atoms with Crippen molar-refractivity contribution in [2.75, 3.05) is 13.1 Å². The predicted octanol–water partition coefficient (Wildman–Crippen LogP) is 8.60. The molecular formula is C46H43N7O3S2. The number of aromatic nitrogens is 3. The van der Waals surface area contributed by atoms with Crippen molar-refractivity contribution in [3.8, 4) is 16.9 Å². The highest BCUT2D eigenvalue weighted by Gasteiger charge is 2.26. The Morgan fingerprint density at radius 2 is 1.26 bits per heavy atom. The van der Waals surface area contributed by atoms with Crippen LogP contribution in [0.1, 0.15) is 33.8 Å². The maximum atomic E-state index is 14.3. The van der Waals surface area contributed by atoms with Gasteiger partial charge in [-0.15, -0.1) is 0 Å². The quantitative estimate of drug-likeness (QED) is 0.0547. The number of nitrogens with one attached hydrogen (secondary N) is 1. The minimum Gasteiger partial charge on any atom is -0.384 e. The topological polar surface area (TPSA) is 113 Å². The van der Waals surface area contributed by atoms with Crippen molar-refractivity contribution in [3.05, 3.63) is 192 Å². The Labute approximate surface area is 345 Å². The van der Waals surface area contributed by atoms with Crippen molar-refractivity contribution >= 4 is 33.2 Å². The molecule has 0 aliphatic carbocycles. The average molecular weight is 806 g/mol. The van der Waals surface area contributed by atoms with Gasteiger partial charge in [0.2, 0.25) is 0 Å². The number of allylic oxidation sites excluding steroid dienone is 2. The van der Waals surface area contributed by atoms with Gasteiger partial charge in [-0.3, -0.25) is 24.8 Å². The number of aryl methyl sites for hydroxylation is 1. The summed E-state index contributed by atoms with van der Waals surface area (Å²) in [5.74, 6) is 0.273. The van der Waals surface area contributed by atoms with E-state index in [9.17, 15) is 8.42 Å². The fraction of sp³-hybridized carbons (Fsp3) is 0.174. The number of nitrogens with zero attached hydrogens (tertiary/aromatic N) is 6. The molecule has 0 fully saturated rings. The number of pyridine rings is 3. The van der Waals surface area contributed by atoms with Gasteiger partial charge in [-0.1, -0.05) is 60.2 Å². The average Bonchev–Trinajstić information content (AvgIpc) is 3.24. The third-order valence-corrected chi connectivity index (χ3v) is 10.8. The zero-order valence-electron chi connectivity index (χ0n) is 32.1. The van der Waals surface area contributed by atoms with E-state index in [0.29, 0.717) is 56.1 Å². The lowest BCUT2D eigenvalue weighted by Gasteiger charge is -2.28. The van der Waals surface area contributed by atoms with Crippen molar-refractivity contribution in [2.24, 2.45) is 4.99 Å². The van der Waals surface area contributed by atoms with Crippen molar-refractivity contribution in [1.29, 1.82) is 0 Å². The van der Waals surface area contributed by atoms with E-state index < -0.39 is 10.1 Å². The van der Waals surface area contributed by atoms with Gasteiger partial charge in [0.15, 0.2) is 5.75 Å². The Hall–Kier alpha value is -6.14. The first kappa shape index (κ1) is 40.1. The first-order valence-electron chi connectivity index (χ1n) is 18.9. The summed E-state index contributed by atoms with van der Waals surface area (Å²) in [7, 11) is -4.28. The summed E-state index contributed by atoms with van der Waals surface area (Å²) in [5, 5.41) is 5.92. The smallest absolute Gasteiger partial charge is 0.339 e. The molecule has 0 amide bonds. The Balaban J connectivity index is 1.39. The molecule has 58 heavy (non-hydrogen) atoms. The summed E-state index contributed by atoms with van der Waals surface area (Å²) in [6.07, 6.45) is 11.5. The summed E-state index contributed by atoms with van der Waals surface area (Å²) in [6.45, 7) is 5.31. The van der Waals surface area contributed by atoms with Crippen LogP contribution >= 0.6 is 12.2 Å². The highest BCUT2D eigenvalue weighted by molar-refractivity contribution is 7.87. The molecule has 0 saturated heterocycles. The van der Waals surface area contributed by atoms with Crippen LogP contribution < -0.4 is 9.50 Å². The first-order chi connectivity index (χ1) is 28.3. The molecule has 6 aromatic rings. The summed E-state index contributed by atoms with van der Waals surface area (Å²) in [5.41, 5.74) is 8.46. The molecule has 1 aliphatic rings. The Morgan fingerprint density at radius 3 is 1.74 bits per heavy atom. The van der Waals surface area contributed by atoms with Gasteiger partial charge in [0.25, 0.3) is 0 Å². The van der Waals surface area contributed by atoms with Crippen LogP contribution in [-0.2, 0) is 42.8 Å². The summed E-state index contributed by atoms with van der Waals surface area (Å²) in [4.78, 5) is 22.6. The van der Waals surface area contributed by atoms with Gasteiger partial charge in [0, 0.05) is 81.2 Å². The molecule has 4 heterocycles. The SMILES string of the molecule is Cc1ccc(S(=O)(=O)Oc2c(CN(CC3=CC=CCN3)Cc3ccccn3)cc(-c3ccc(N=C=S)cc3)cc2CN(Cc2ccccn2)Cc2ccccn2)cc1. The second-order valence-electron chi connectivity index (χ2n) is 14.0. The van der Waals surface area contributed by atoms with Crippen LogP contribution in [0, 0.1) is 6.92 Å². The van der Waals surface area contributed by atoms with E-state index in [1.165, 1.54) is 0 Å². The lowest BCUT2D eigenvalue weighted by atomic mass is 9.97. The maximum absolute atomic E-state index is 14.3. The number of rotatable bonds is 17. The normalized spacial score (nSPS) is 12.5. The fourth-order valence-electron chi connectivity index (χ4n) is 6.74. The third-order valence-electron chi connectivity index (χ3n) is 9.52. The van der Waals surface area contributed by atoms with Crippen LogP contribution in [0.15, 0.2) is 168 Å². The largest absolute Gasteiger partial charge is 0.384 e. The summed E-state index contributed by atoms with van der Waals surface area (Å²) in [6, 6.07) is 36.0. The lowest BCUT2D eigenvalue weighted by molar-refractivity contribution is 0.238. The Kier molecular flexibility index (Phi) is 13.4. The lowest BCUT2D eigenvalue weighted by Crippen LogP contribution is -2.31.